The number of para-hydroxylation sites is 1. The largest absolute Gasteiger partial charge is 0.481 e. The lowest BCUT2D eigenvalue weighted by Crippen LogP contribution is -2.16. The van der Waals surface area contributed by atoms with Gasteiger partial charge in [-0.25, -0.2) is 4.98 Å². The van der Waals surface area contributed by atoms with Gasteiger partial charge in [0.15, 0.2) is 5.16 Å². The second-order valence-corrected chi connectivity index (χ2v) is 5.99. The van der Waals surface area contributed by atoms with E-state index >= 15 is 0 Å². The molecule has 0 saturated carbocycles. The summed E-state index contributed by atoms with van der Waals surface area (Å²) in [5.74, 6) is -0.907. The Kier molecular flexibility index (Phi) is 3.59. The van der Waals surface area contributed by atoms with E-state index in [0.29, 0.717) is 18.1 Å². The molecule has 2 N–H and O–H groups in total. The van der Waals surface area contributed by atoms with Crippen molar-refractivity contribution in [3.8, 4) is 0 Å². The lowest BCUT2D eigenvalue weighted by atomic mass is 10.2. The molecule has 3 rings (SSSR count). The molecule has 2 heterocycles. The first-order chi connectivity index (χ1) is 10.1. The summed E-state index contributed by atoms with van der Waals surface area (Å²) in [7, 11) is 0. The van der Waals surface area contributed by atoms with Crippen molar-refractivity contribution < 1.29 is 14.7 Å². The van der Waals surface area contributed by atoms with E-state index in [4.69, 9.17) is 5.11 Å². The zero-order valence-electron chi connectivity index (χ0n) is 11.5. The molecule has 1 aliphatic rings. The van der Waals surface area contributed by atoms with Crippen molar-refractivity contribution in [3.63, 3.8) is 0 Å². The van der Waals surface area contributed by atoms with Gasteiger partial charge in [0.2, 0.25) is 5.91 Å². The Morgan fingerprint density at radius 3 is 3.05 bits per heavy atom. The smallest absolute Gasteiger partial charge is 0.313 e. The molecule has 2 aromatic rings. The number of aryl methyl sites for hydroxylation is 1. The van der Waals surface area contributed by atoms with Crippen molar-refractivity contribution in [3.05, 3.63) is 23.8 Å². The van der Waals surface area contributed by atoms with E-state index in [2.05, 4.69) is 10.3 Å². The Morgan fingerprint density at radius 2 is 2.38 bits per heavy atom. The Balaban J connectivity index is 2.08. The maximum absolute atomic E-state index is 11.5. The molecule has 21 heavy (non-hydrogen) atoms. The van der Waals surface area contributed by atoms with Crippen molar-refractivity contribution in [2.75, 3.05) is 12.3 Å². The summed E-state index contributed by atoms with van der Waals surface area (Å²) >= 11 is 1.19. The van der Waals surface area contributed by atoms with Crippen LogP contribution in [-0.4, -0.2) is 38.8 Å². The fourth-order valence-electron chi connectivity index (χ4n) is 2.59. The van der Waals surface area contributed by atoms with Crippen LogP contribution in [-0.2, 0) is 9.59 Å². The molecule has 1 aliphatic heterocycles. The van der Waals surface area contributed by atoms with E-state index in [1.54, 1.807) is 0 Å². The van der Waals surface area contributed by atoms with E-state index < -0.39 is 5.97 Å². The molecule has 0 bridgehead atoms. The summed E-state index contributed by atoms with van der Waals surface area (Å²) in [6.45, 7) is 2.53. The van der Waals surface area contributed by atoms with Gasteiger partial charge in [0.1, 0.15) is 0 Å². The number of imidazole rings is 1. The third-order valence-corrected chi connectivity index (χ3v) is 4.47. The van der Waals surface area contributed by atoms with Gasteiger partial charge in [0.05, 0.1) is 22.8 Å². The van der Waals surface area contributed by atoms with E-state index in [1.165, 1.54) is 11.8 Å². The molecule has 1 atom stereocenters. The first-order valence-electron chi connectivity index (χ1n) is 6.65. The molecular weight excluding hydrogens is 290 g/mol. The number of hydrogen-bond acceptors (Lipinski definition) is 4. The van der Waals surface area contributed by atoms with Crippen molar-refractivity contribution in [2.45, 2.75) is 24.5 Å². The molecule has 1 saturated heterocycles. The highest BCUT2D eigenvalue weighted by molar-refractivity contribution is 7.99. The number of carbonyl (C=O) groups is 2. The number of carboxylic acids is 1. The minimum absolute atomic E-state index is 0.0133. The average Bonchev–Trinajstić information content (AvgIpc) is 3.00. The second kappa shape index (κ2) is 5.40. The summed E-state index contributed by atoms with van der Waals surface area (Å²) in [6.07, 6.45) is 0.403. The van der Waals surface area contributed by atoms with Gasteiger partial charge in [-0.1, -0.05) is 23.9 Å². The van der Waals surface area contributed by atoms with Gasteiger partial charge in [-0.05, 0) is 18.6 Å². The second-order valence-electron chi connectivity index (χ2n) is 5.05. The molecular formula is C14H15N3O3S. The predicted molar refractivity (Wildman–Crippen MR) is 79.5 cm³/mol. The third-order valence-electron chi connectivity index (χ3n) is 3.54. The highest BCUT2D eigenvalue weighted by Crippen LogP contribution is 2.31. The Morgan fingerprint density at radius 1 is 1.57 bits per heavy atom. The minimum atomic E-state index is -0.879. The van der Waals surface area contributed by atoms with Gasteiger partial charge in [-0.15, -0.1) is 0 Å². The summed E-state index contributed by atoms with van der Waals surface area (Å²) in [4.78, 5) is 26.9. The number of carbonyl (C=O) groups excluding carboxylic acids is 1. The minimum Gasteiger partial charge on any atom is -0.481 e. The Bertz CT molecular complexity index is 726. The maximum atomic E-state index is 11.5. The van der Waals surface area contributed by atoms with Crippen LogP contribution >= 0.6 is 11.8 Å². The van der Waals surface area contributed by atoms with Crippen molar-refractivity contribution in [1.29, 1.82) is 0 Å². The number of rotatable bonds is 4. The molecule has 1 unspecified atom stereocenters. The van der Waals surface area contributed by atoms with Gasteiger partial charge >= 0.3 is 5.97 Å². The fraction of sp³-hybridized carbons (Fsp3) is 0.357. The number of nitrogens with zero attached hydrogens (tertiary/aromatic N) is 2. The molecule has 6 nitrogen and oxygen atoms in total. The van der Waals surface area contributed by atoms with E-state index in [9.17, 15) is 9.59 Å². The van der Waals surface area contributed by atoms with Crippen LogP contribution in [0.1, 0.15) is 18.0 Å². The topological polar surface area (TPSA) is 84.2 Å². The van der Waals surface area contributed by atoms with Crippen molar-refractivity contribution in [2.24, 2.45) is 0 Å². The molecule has 0 radical (unpaired) electrons. The van der Waals surface area contributed by atoms with Crippen LogP contribution in [0.15, 0.2) is 23.4 Å². The molecule has 0 aliphatic carbocycles. The Hall–Kier alpha value is -2.02. The number of nitrogens with one attached hydrogen (secondary N) is 1. The normalized spacial score (nSPS) is 18.1. The highest BCUT2D eigenvalue weighted by Gasteiger charge is 2.27. The van der Waals surface area contributed by atoms with Crippen LogP contribution in [0.25, 0.3) is 11.0 Å². The molecule has 1 aromatic heterocycles. The molecule has 110 valence electrons. The summed E-state index contributed by atoms with van der Waals surface area (Å²) in [5.41, 5.74) is 2.86. The van der Waals surface area contributed by atoms with Crippen molar-refractivity contribution >= 4 is 34.7 Å². The monoisotopic (exact) mass is 305 g/mol. The molecule has 7 heteroatoms. The van der Waals surface area contributed by atoms with Gasteiger partial charge in [-0.3, -0.25) is 9.59 Å². The predicted octanol–water partition coefficient (Wildman–Crippen LogP) is 1.58. The quantitative estimate of drug-likeness (QED) is 0.838. The summed E-state index contributed by atoms with van der Waals surface area (Å²) < 4.78 is 1.99. The number of benzene rings is 1. The number of carboxylic acid groups (broad SMARTS) is 1. The van der Waals surface area contributed by atoms with Crippen LogP contribution in [0.3, 0.4) is 0 Å². The fourth-order valence-corrected chi connectivity index (χ4v) is 3.38. The molecule has 1 amide bonds. The average molecular weight is 305 g/mol. The number of aliphatic carboxylic acids is 1. The highest BCUT2D eigenvalue weighted by atomic mass is 32.2. The number of fused-ring (bicyclic) bond motifs is 1. The summed E-state index contributed by atoms with van der Waals surface area (Å²) in [6, 6.07) is 5.87. The van der Waals surface area contributed by atoms with Crippen LogP contribution < -0.4 is 5.32 Å². The maximum Gasteiger partial charge on any atom is 0.313 e. The SMILES string of the molecule is Cc1cccc2c1nc(SCC(=O)O)n2C1CNC(=O)C1. The van der Waals surface area contributed by atoms with Crippen LogP contribution in [0.2, 0.25) is 0 Å². The third kappa shape index (κ3) is 2.61. The first-order valence-corrected chi connectivity index (χ1v) is 7.63. The van der Waals surface area contributed by atoms with E-state index in [0.717, 1.165) is 16.6 Å². The standard InChI is InChI=1S/C14H15N3O3S/c1-8-3-2-4-10-13(8)16-14(21-7-12(19)20)17(10)9-5-11(18)15-6-9/h2-4,9H,5-7H2,1H3,(H,15,18)(H,19,20). The van der Waals surface area contributed by atoms with Crippen molar-refractivity contribution in [1.82, 2.24) is 14.9 Å². The van der Waals surface area contributed by atoms with Gasteiger partial charge < -0.3 is 15.0 Å². The van der Waals surface area contributed by atoms with Gasteiger partial charge in [0.25, 0.3) is 0 Å². The molecule has 1 fully saturated rings. The molecule has 0 spiro atoms. The van der Waals surface area contributed by atoms with Crippen LogP contribution in [0.5, 0.6) is 0 Å². The number of aromatic nitrogens is 2. The Labute approximate surface area is 125 Å². The van der Waals surface area contributed by atoms with Crippen LogP contribution in [0.4, 0.5) is 0 Å². The lowest BCUT2D eigenvalue weighted by molar-refractivity contribution is -0.134. The number of hydrogen-bond donors (Lipinski definition) is 2. The van der Waals surface area contributed by atoms with E-state index in [-0.39, 0.29) is 17.7 Å². The number of amides is 1. The molecule has 1 aromatic carbocycles. The van der Waals surface area contributed by atoms with Gasteiger partial charge in [0, 0.05) is 13.0 Å². The lowest BCUT2D eigenvalue weighted by Gasteiger charge is -2.14. The van der Waals surface area contributed by atoms with Gasteiger partial charge in [-0.2, -0.15) is 0 Å². The first kappa shape index (κ1) is 13.9. The number of thioether (sulfide) groups is 1. The zero-order valence-corrected chi connectivity index (χ0v) is 12.3. The zero-order chi connectivity index (χ0) is 15.0. The summed E-state index contributed by atoms with van der Waals surface area (Å²) in [5, 5.41) is 12.4. The van der Waals surface area contributed by atoms with Crippen LogP contribution in [0, 0.1) is 6.92 Å². The van der Waals surface area contributed by atoms with E-state index in [1.807, 2.05) is 29.7 Å².